The van der Waals surface area contributed by atoms with Crippen LogP contribution in [0.1, 0.15) is 24.8 Å². The van der Waals surface area contributed by atoms with Gasteiger partial charge in [0.25, 0.3) is 0 Å². The molecule has 2 aliphatic rings. The Morgan fingerprint density at radius 3 is 2.85 bits per heavy atom. The molecule has 0 spiro atoms. The molecule has 1 saturated carbocycles. The Morgan fingerprint density at radius 2 is 2.15 bits per heavy atom. The van der Waals surface area contributed by atoms with Crippen molar-refractivity contribution in [1.82, 2.24) is 10.2 Å². The van der Waals surface area contributed by atoms with Gasteiger partial charge in [-0.3, -0.25) is 4.99 Å². The molecule has 1 aliphatic heterocycles. The summed E-state index contributed by atoms with van der Waals surface area (Å²) in [5.74, 6) is 1.59. The number of likely N-dealkylation sites (tertiary alicyclic amines) is 1. The number of guanidine groups is 1. The fraction of sp³-hybridized carbons (Fsp3) is 0.650. The lowest BCUT2D eigenvalue weighted by atomic mass is 9.96. The number of ether oxygens (including phenoxy) is 2. The van der Waals surface area contributed by atoms with Crippen molar-refractivity contribution in [3.8, 4) is 0 Å². The molecule has 1 aromatic carbocycles. The maximum Gasteiger partial charge on any atom is 0.193 e. The van der Waals surface area contributed by atoms with Gasteiger partial charge in [-0.2, -0.15) is 0 Å². The Bertz CT molecular complexity index is 619. The van der Waals surface area contributed by atoms with E-state index >= 15 is 0 Å². The molecule has 1 aliphatic carbocycles. The Kier molecular flexibility index (Phi) is 6.95. The fourth-order valence-electron chi connectivity index (χ4n) is 3.72. The average Bonchev–Trinajstić information content (AvgIpc) is 3.29. The van der Waals surface area contributed by atoms with Gasteiger partial charge in [0, 0.05) is 49.6 Å². The van der Waals surface area contributed by atoms with Crippen LogP contribution in [0.15, 0.2) is 33.7 Å². The van der Waals surface area contributed by atoms with Crippen molar-refractivity contribution in [2.45, 2.75) is 24.7 Å². The molecular formula is C20H30BrN3O2. The third-order valence-corrected chi connectivity index (χ3v) is 6.16. The number of benzene rings is 1. The van der Waals surface area contributed by atoms with Gasteiger partial charge in [-0.25, -0.2) is 0 Å². The van der Waals surface area contributed by atoms with E-state index in [1.165, 1.54) is 22.9 Å². The van der Waals surface area contributed by atoms with Crippen LogP contribution in [-0.2, 0) is 14.9 Å². The minimum Gasteiger partial charge on any atom is -0.382 e. The van der Waals surface area contributed by atoms with Gasteiger partial charge in [0.15, 0.2) is 5.96 Å². The molecule has 0 amide bonds. The van der Waals surface area contributed by atoms with Crippen LogP contribution in [0.25, 0.3) is 0 Å². The molecule has 1 saturated heterocycles. The summed E-state index contributed by atoms with van der Waals surface area (Å²) in [5.41, 5.74) is 1.66. The quantitative estimate of drug-likeness (QED) is 0.396. The van der Waals surface area contributed by atoms with Gasteiger partial charge in [-0.05, 0) is 30.9 Å². The second-order valence-electron chi connectivity index (χ2n) is 7.33. The standard InChI is InChI=1S/C20H30BrN3O2/c1-22-19(24-10-7-16(13-24)14-26-12-11-25-2)23-15-20(8-9-20)17-5-3-4-6-18(17)21/h3-6,16H,7-15H2,1-2H3,(H,22,23). The number of halogens is 1. The Labute approximate surface area is 165 Å². The summed E-state index contributed by atoms with van der Waals surface area (Å²) in [6.07, 6.45) is 3.62. The minimum atomic E-state index is 0.248. The van der Waals surface area contributed by atoms with Crippen LogP contribution in [-0.4, -0.2) is 64.5 Å². The van der Waals surface area contributed by atoms with E-state index in [0.717, 1.165) is 38.6 Å². The lowest BCUT2D eigenvalue weighted by molar-refractivity contribution is 0.0536. The zero-order valence-corrected chi connectivity index (χ0v) is 17.4. The van der Waals surface area contributed by atoms with E-state index < -0.39 is 0 Å². The van der Waals surface area contributed by atoms with Crippen molar-refractivity contribution in [3.63, 3.8) is 0 Å². The minimum absolute atomic E-state index is 0.248. The number of hydrogen-bond acceptors (Lipinski definition) is 3. The molecule has 6 heteroatoms. The summed E-state index contributed by atoms with van der Waals surface area (Å²) in [6, 6.07) is 8.59. The first-order chi connectivity index (χ1) is 12.7. The SMILES string of the molecule is CN=C(NCC1(c2ccccc2Br)CC1)N1CCC(COCCOC)C1. The second-order valence-corrected chi connectivity index (χ2v) is 8.18. The van der Waals surface area contributed by atoms with E-state index in [9.17, 15) is 0 Å². The lowest BCUT2D eigenvalue weighted by Crippen LogP contribution is -2.43. The number of methoxy groups -OCH3 is 1. The average molecular weight is 424 g/mol. The van der Waals surface area contributed by atoms with Crippen LogP contribution in [0.4, 0.5) is 0 Å². The number of nitrogens with zero attached hydrogens (tertiary/aromatic N) is 2. The molecule has 144 valence electrons. The van der Waals surface area contributed by atoms with Crippen LogP contribution < -0.4 is 5.32 Å². The van der Waals surface area contributed by atoms with Crippen molar-refractivity contribution in [2.75, 3.05) is 53.6 Å². The highest BCUT2D eigenvalue weighted by Gasteiger charge is 2.45. The predicted octanol–water partition coefficient (Wildman–Crippen LogP) is 3.04. The number of aliphatic imine (C=N–C) groups is 1. The van der Waals surface area contributed by atoms with Gasteiger partial charge in [0.1, 0.15) is 0 Å². The van der Waals surface area contributed by atoms with Crippen LogP contribution in [0, 0.1) is 5.92 Å². The summed E-state index contributed by atoms with van der Waals surface area (Å²) < 4.78 is 11.9. The largest absolute Gasteiger partial charge is 0.382 e. The van der Waals surface area contributed by atoms with E-state index in [1.807, 2.05) is 7.05 Å². The van der Waals surface area contributed by atoms with E-state index in [4.69, 9.17) is 9.47 Å². The van der Waals surface area contributed by atoms with Crippen molar-refractivity contribution < 1.29 is 9.47 Å². The van der Waals surface area contributed by atoms with Crippen molar-refractivity contribution in [1.29, 1.82) is 0 Å². The van der Waals surface area contributed by atoms with E-state index in [0.29, 0.717) is 19.1 Å². The van der Waals surface area contributed by atoms with Gasteiger partial charge in [-0.1, -0.05) is 34.1 Å². The van der Waals surface area contributed by atoms with Crippen LogP contribution in [0.5, 0.6) is 0 Å². The van der Waals surface area contributed by atoms with Gasteiger partial charge in [-0.15, -0.1) is 0 Å². The second kappa shape index (κ2) is 9.20. The normalized spacial score (nSPS) is 21.9. The Hall–Kier alpha value is -1.11. The van der Waals surface area contributed by atoms with Crippen molar-refractivity contribution in [2.24, 2.45) is 10.9 Å². The molecule has 1 atom stereocenters. The van der Waals surface area contributed by atoms with Crippen LogP contribution in [0.2, 0.25) is 0 Å². The molecule has 0 bridgehead atoms. The van der Waals surface area contributed by atoms with Gasteiger partial charge in [0.05, 0.1) is 19.8 Å². The third-order valence-electron chi connectivity index (χ3n) is 5.47. The number of hydrogen-bond donors (Lipinski definition) is 1. The smallest absolute Gasteiger partial charge is 0.193 e. The third kappa shape index (κ3) is 4.78. The number of nitrogens with one attached hydrogen (secondary N) is 1. The zero-order chi connectivity index (χ0) is 18.4. The zero-order valence-electron chi connectivity index (χ0n) is 15.8. The highest BCUT2D eigenvalue weighted by atomic mass is 79.9. The molecule has 1 unspecified atom stereocenters. The Morgan fingerprint density at radius 1 is 1.35 bits per heavy atom. The first-order valence-electron chi connectivity index (χ1n) is 9.46. The highest BCUT2D eigenvalue weighted by Crippen LogP contribution is 2.49. The first-order valence-corrected chi connectivity index (χ1v) is 10.2. The topological polar surface area (TPSA) is 46.1 Å². The van der Waals surface area contributed by atoms with E-state index in [2.05, 4.69) is 55.4 Å². The molecular weight excluding hydrogens is 394 g/mol. The molecule has 1 aromatic rings. The molecule has 26 heavy (non-hydrogen) atoms. The molecule has 3 rings (SSSR count). The summed E-state index contributed by atoms with van der Waals surface area (Å²) in [7, 11) is 3.58. The van der Waals surface area contributed by atoms with Crippen molar-refractivity contribution in [3.05, 3.63) is 34.3 Å². The molecule has 1 N–H and O–H groups in total. The molecule has 5 nitrogen and oxygen atoms in total. The molecule has 0 aromatic heterocycles. The van der Waals surface area contributed by atoms with E-state index in [1.54, 1.807) is 7.11 Å². The fourth-order valence-corrected chi connectivity index (χ4v) is 4.42. The van der Waals surface area contributed by atoms with Crippen molar-refractivity contribution >= 4 is 21.9 Å². The molecule has 1 heterocycles. The summed E-state index contributed by atoms with van der Waals surface area (Å²) in [6.45, 7) is 5.13. The van der Waals surface area contributed by atoms with Crippen LogP contribution >= 0.6 is 15.9 Å². The number of rotatable bonds is 8. The maximum absolute atomic E-state index is 5.70. The van der Waals surface area contributed by atoms with E-state index in [-0.39, 0.29) is 5.41 Å². The van der Waals surface area contributed by atoms with Gasteiger partial charge in [0.2, 0.25) is 0 Å². The molecule has 2 fully saturated rings. The summed E-state index contributed by atoms with van der Waals surface area (Å²) in [5, 5.41) is 3.63. The lowest BCUT2D eigenvalue weighted by Gasteiger charge is -2.25. The maximum atomic E-state index is 5.70. The van der Waals surface area contributed by atoms with Gasteiger partial charge < -0.3 is 19.7 Å². The Balaban J connectivity index is 1.49. The monoisotopic (exact) mass is 423 g/mol. The van der Waals surface area contributed by atoms with Crippen LogP contribution in [0.3, 0.4) is 0 Å². The molecule has 0 radical (unpaired) electrons. The highest BCUT2D eigenvalue weighted by molar-refractivity contribution is 9.10. The summed E-state index contributed by atoms with van der Waals surface area (Å²) in [4.78, 5) is 6.88. The summed E-state index contributed by atoms with van der Waals surface area (Å²) >= 11 is 3.71. The van der Waals surface area contributed by atoms with Gasteiger partial charge >= 0.3 is 0 Å². The first kappa shape index (κ1) is 19.6. The predicted molar refractivity (Wildman–Crippen MR) is 109 cm³/mol.